The van der Waals surface area contributed by atoms with Crippen LogP contribution >= 0.6 is 0 Å². The van der Waals surface area contributed by atoms with E-state index in [1.165, 1.54) is 6.42 Å². The Morgan fingerprint density at radius 2 is 1.87 bits per heavy atom. The third-order valence-electron chi connectivity index (χ3n) is 2.47. The maximum Gasteiger partial charge on any atom is 0.0644 e. The standard InChI is InChI=1S/C12H27NO2/c1-5-8-13-9-6-10-15-11-7-12(2,3)14-4/h13H,5-11H2,1-4H3. The van der Waals surface area contributed by atoms with Crippen molar-refractivity contribution in [3.63, 3.8) is 0 Å². The van der Waals surface area contributed by atoms with Gasteiger partial charge in [0.1, 0.15) is 0 Å². The largest absolute Gasteiger partial charge is 0.381 e. The highest BCUT2D eigenvalue weighted by Gasteiger charge is 2.15. The molecular weight excluding hydrogens is 190 g/mol. The van der Waals surface area contributed by atoms with Gasteiger partial charge in [-0.25, -0.2) is 0 Å². The average molecular weight is 217 g/mol. The van der Waals surface area contributed by atoms with E-state index in [1.54, 1.807) is 7.11 Å². The molecule has 0 fully saturated rings. The van der Waals surface area contributed by atoms with Crippen LogP contribution in [0.5, 0.6) is 0 Å². The zero-order valence-corrected chi connectivity index (χ0v) is 10.8. The third kappa shape index (κ3) is 10.2. The lowest BCUT2D eigenvalue weighted by Gasteiger charge is -2.22. The molecule has 0 unspecified atom stereocenters. The fraction of sp³-hybridized carbons (Fsp3) is 1.00. The van der Waals surface area contributed by atoms with Gasteiger partial charge in [0.25, 0.3) is 0 Å². The minimum Gasteiger partial charge on any atom is -0.381 e. The molecule has 0 aromatic heterocycles. The van der Waals surface area contributed by atoms with E-state index in [9.17, 15) is 0 Å². The van der Waals surface area contributed by atoms with Crippen LogP contribution in [-0.4, -0.2) is 39.0 Å². The molecule has 0 rings (SSSR count). The van der Waals surface area contributed by atoms with Crippen molar-refractivity contribution < 1.29 is 9.47 Å². The van der Waals surface area contributed by atoms with Crippen LogP contribution in [0.15, 0.2) is 0 Å². The molecule has 3 heteroatoms. The Kier molecular flexibility index (Phi) is 9.06. The zero-order valence-electron chi connectivity index (χ0n) is 10.8. The first kappa shape index (κ1) is 14.9. The van der Waals surface area contributed by atoms with Gasteiger partial charge in [0, 0.05) is 20.3 Å². The summed E-state index contributed by atoms with van der Waals surface area (Å²) in [6, 6.07) is 0. The molecule has 1 N–H and O–H groups in total. The fourth-order valence-corrected chi connectivity index (χ4v) is 1.12. The predicted octanol–water partition coefficient (Wildman–Crippen LogP) is 2.21. The van der Waals surface area contributed by atoms with Gasteiger partial charge in [0.2, 0.25) is 0 Å². The van der Waals surface area contributed by atoms with Crippen LogP contribution < -0.4 is 5.32 Å². The Morgan fingerprint density at radius 1 is 1.13 bits per heavy atom. The maximum atomic E-state index is 5.53. The van der Waals surface area contributed by atoms with Gasteiger partial charge < -0.3 is 14.8 Å². The summed E-state index contributed by atoms with van der Waals surface area (Å²) in [5, 5.41) is 3.35. The molecule has 92 valence electrons. The highest BCUT2D eigenvalue weighted by molar-refractivity contribution is 4.66. The van der Waals surface area contributed by atoms with E-state index < -0.39 is 0 Å². The second-order valence-electron chi connectivity index (χ2n) is 4.43. The summed E-state index contributed by atoms with van der Waals surface area (Å²) in [5.74, 6) is 0. The van der Waals surface area contributed by atoms with Crippen molar-refractivity contribution in [1.82, 2.24) is 5.32 Å². The minimum absolute atomic E-state index is 0.0551. The van der Waals surface area contributed by atoms with Gasteiger partial charge >= 0.3 is 0 Å². The molecule has 15 heavy (non-hydrogen) atoms. The minimum atomic E-state index is -0.0551. The predicted molar refractivity (Wildman–Crippen MR) is 64.3 cm³/mol. The SMILES string of the molecule is CCCNCCCOCCC(C)(C)OC. The molecule has 0 aromatic rings. The van der Waals surface area contributed by atoms with Gasteiger partial charge in [-0.2, -0.15) is 0 Å². The van der Waals surface area contributed by atoms with E-state index >= 15 is 0 Å². The molecule has 0 saturated heterocycles. The van der Waals surface area contributed by atoms with Crippen LogP contribution in [0, 0.1) is 0 Å². The van der Waals surface area contributed by atoms with E-state index in [2.05, 4.69) is 26.1 Å². The molecule has 0 aliphatic carbocycles. The summed E-state index contributed by atoms with van der Waals surface area (Å²) in [6.07, 6.45) is 3.24. The molecule has 0 bridgehead atoms. The van der Waals surface area contributed by atoms with Gasteiger partial charge in [-0.1, -0.05) is 6.92 Å². The van der Waals surface area contributed by atoms with Crippen molar-refractivity contribution in [1.29, 1.82) is 0 Å². The van der Waals surface area contributed by atoms with Gasteiger partial charge in [-0.3, -0.25) is 0 Å². The Labute approximate surface area is 94.5 Å². The van der Waals surface area contributed by atoms with Crippen molar-refractivity contribution in [2.45, 2.75) is 45.6 Å². The number of rotatable bonds is 10. The third-order valence-corrected chi connectivity index (χ3v) is 2.47. The van der Waals surface area contributed by atoms with Gasteiger partial charge in [-0.05, 0) is 46.2 Å². The molecule has 0 aromatic carbocycles. The summed E-state index contributed by atoms with van der Waals surface area (Å²) in [4.78, 5) is 0. The Bertz CT molecular complexity index is 138. The quantitative estimate of drug-likeness (QED) is 0.569. The number of ether oxygens (including phenoxy) is 2. The molecule has 0 aliphatic rings. The van der Waals surface area contributed by atoms with Crippen molar-refractivity contribution in [2.24, 2.45) is 0 Å². The van der Waals surface area contributed by atoms with Gasteiger partial charge in [0.05, 0.1) is 5.60 Å². The summed E-state index contributed by atoms with van der Waals surface area (Å²) in [6.45, 7) is 10.1. The summed E-state index contributed by atoms with van der Waals surface area (Å²) in [5.41, 5.74) is -0.0551. The topological polar surface area (TPSA) is 30.5 Å². The van der Waals surface area contributed by atoms with E-state index in [1.807, 2.05) is 0 Å². The molecule has 0 aliphatic heterocycles. The number of hydrogen-bond donors (Lipinski definition) is 1. The van der Waals surface area contributed by atoms with Crippen LogP contribution in [0.3, 0.4) is 0 Å². The number of methoxy groups -OCH3 is 1. The monoisotopic (exact) mass is 217 g/mol. The van der Waals surface area contributed by atoms with Crippen LogP contribution in [0.25, 0.3) is 0 Å². The second kappa shape index (κ2) is 9.13. The lowest BCUT2D eigenvalue weighted by atomic mass is 10.1. The molecule has 0 atom stereocenters. The van der Waals surface area contributed by atoms with Crippen LogP contribution in [-0.2, 0) is 9.47 Å². The molecule has 0 heterocycles. The first-order valence-electron chi connectivity index (χ1n) is 5.96. The molecular formula is C12H27NO2. The highest BCUT2D eigenvalue weighted by Crippen LogP contribution is 2.12. The normalized spacial score (nSPS) is 12.0. The molecule has 0 amide bonds. The lowest BCUT2D eigenvalue weighted by Crippen LogP contribution is -2.24. The summed E-state index contributed by atoms with van der Waals surface area (Å²) >= 11 is 0. The first-order valence-corrected chi connectivity index (χ1v) is 5.96. The van der Waals surface area contributed by atoms with E-state index in [-0.39, 0.29) is 5.60 Å². The average Bonchev–Trinajstić information content (AvgIpc) is 2.22. The van der Waals surface area contributed by atoms with Crippen LogP contribution in [0.4, 0.5) is 0 Å². The highest BCUT2D eigenvalue weighted by atomic mass is 16.5. The van der Waals surface area contributed by atoms with Crippen molar-refractivity contribution in [3.8, 4) is 0 Å². The maximum absolute atomic E-state index is 5.53. The summed E-state index contributed by atoms with van der Waals surface area (Å²) in [7, 11) is 1.74. The number of nitrogens with one attached hydrogen (secondary N) is 1. The van der Waals surface area contributed by atoms with Crippen molar-refractivity contribution in [2.75, 3.05) is 33.4 Å². The van der Waals surface area contributed by atoms with Gasteiger partial charge in [-0.15, -0.1) is 0 Å². The van der Waals surface area contributed by atoms with E-state index in [0.717, 1.165) is 39.1 Å². The molecule has 0 radical (unpaired) electrons. The lowest BCUT2D eigenvalue weighted by molar-refractivity contribution is -0.00994. The van der Waals surface area contributed by atoms with Crippen molar-refractivity contribution >= 4 is 0 Å². The van der Waals surface area contributed by atoms with Crippen molar-refractivity contribution in [3.05, 3.63) is 0 Å². The summed E-state index contributed by atoms with van der Waals surface area (Å²) < 4.78 is 10.8. The second-order valence-corrected chi connectivity index (χ2v) is 4.43. The Hall–Kier alpha value is -0.120. The Balaban J connectivity index is 3.11. The Morgan fingerprint density at radius 3 is 2.47 bits per heavy atom. The molecule has 0 spiro atoms. The number of hydrogen-bond acceptors (Lipinski definition) is 3. The van der Waals surface area contributed by atoms with Gasteiger partial charge in [0.15, 0.2) is 0 Å². The zero-order chi connectivity index (χ0) is 11.6. The van der Waals surface area contributed by atoms with E-state index in [0.29, 0.717) is 0 Å². The molecule has 3 nitrogen and oxygen atoms in total. The first-order chi connectivity index (χ1) is 7.12. The smallest absolute Gasteiger partial charge is 0.0644 e. The van der Waals surface area contributed by atoms with E-state index in [4.69, 9.17) is 9.47 Å². The molecule has 0 saturated carbocycles. The van der Waals surface area contributed by atoms with Crippen LogP contribution in [0.2, 0.25) is 0 Å². The van der Waals surface area contributed by atoms with Crippen LogP contribution in [0.1, 0.15) is 40.0 Å². The fourth-order valence-electron chi connectivity index (χ4n) is 1.12.